The van der Waals surface area contributed by atoms with Crippen LogP contribution in [0.5, 0.6) is 11.9 Å². The van der Waals surface area contributed by atoms with E-state index in [0.717, 1.165) is 5.56 Å². The van der Waals surface area contributed by atoms with Crippen LogP contribution in [0.3, 0.4) is 0 Å². The molecule has 2 aromatic carbocycles. The van der Waals surface area contributed by atoms with Gasteiger partial charge in [-0.05, 0) is 54.2 Å². The Labute approximate surface area is 206 Å². The first-order valence-electron chi connectivity index (χ1n) is 9.64. The monoisotopic (exact) mass is 521 g/mol. The Morgan fingerprint density at radius 2 is 1.71 bits per heavy atom. The molecule has 3 aromatic rings. The summed E-state index contributed by atoms with van der Waals surface area (Å²) in [7, 11) is -1.22. The number of carbonyl (C=O) groups is 1. The van der Waals surface area contributed by atoms with Crippen molar-refractivity contribution in [2.75, 3.05) is 24.3 Å². The van der Waals surface area contributed by atoms with Gasteiger partial charge in [0, 0.05) is 16.8 Å². The lowest BCUT2D eigenvalue weighted by Crippen LogP contribution is -2.35. The van der Waals surface area contributed by atoms with E-state index >= 15 is 0 Å². The minimum atomic E-state index is -3.96. The quantitative estimate of drug-likeness (QED) is 0.383. The predicted octanol–water partition coefficient (Wildman–Crippen LogP) is 3.00. The Balaban J connectivity index is 1.61. The lowest BCUT2D eigenvalue weighted by Gasteiger charge is -2.12. The number of ether oxygens (including phenoxy) is 2. The molecule has 34 heavy (non-hydrogen) atoms. The minimum absolute atomic E-state index is 0.0181. The maximum Gasteiger partial charge on any atom is 0.321 e. The SMILES string of the molecule is COc1cc(NS(=O)(=O)c2ccc(NC(=S)NC(=O)Cc3ccc(Cl)cc3)cc2)nc(OC)n1. The number of amides is 1. The van der Waals surface area contributed by atoms with Crippen molar-refractivity contribution in [2.45, 2.75) is 11.3 Å². The van der Waals surface area contributed by atoms with Crippen LogP contribution in [-0.4, -0.2) is 43.6 Å². The highest BCUT2D eigenvalue weighted by Crippen LogP contribution is 2.21. The first kappa shape index (κ1) is 25.1. The third-order valence-corrected chi connectivity index (χ3v) is 6.09. The number of nitrogens with one attached hydrogen (secondary N) is 3. The lowest BCUT2D eigenvalue weighted by atomic mass is 10.1. The lowest BCUT2D eigenvalue weighted by molar-refractivity contribution is -0.119. The third kappa shape index (κ3) is 7.01. The van der Waals surface area contributed by atoms with Crippen molar-refractivity contribution >= 4 is 56.4 Å². The van der Waals surface area contributed by atoms with Gasteiger partial charge in [0.05, 0.1) is 25.5 Å². The van der Waals surface area contributed by atoms with Gasteiger partial charge in [-0.25, -0.2) is 8.42 Å². The molecule has 0 bridgehead atoms. The van der Waals surface area contributed by atoms with Crippen molar-refractivity contribution in [3.8, 4) is 11.9 Å². The first-order valence-corrected chi connectivity index (χ1v) is 11.9. The van der Waals surface area contributed by atoms with E-state index in [0.29, 0.717) is 10.7 Å². The highest BCUT2D eigenvalue weighted by Gasteiger charge is 2.17. The molecule has 178 valence electrons. The minimum Gasteiger partial charge on any atom is -0.481 e. The molecule has 13 heteroatoms. The number of hydrogen-bond donors (Lipinski definition) is 3. The number of thiocarbonyl (C=S) groups is 1. The molecule has 0 saturated carbocycles. The first-order chi connectivity index (χ1) is 16.2. The van der Waals surface area contributed by atoms with Crippen LogP contribution in [0.15, 0.2) is 59.5 Å². The second-order valence-corrected chi connectivity index (χ2v) is 9.24. The molecule has 0 aliphatic rings. The second-order valence-electron chi connectivity index (χ2n) is 6.72. The molecular formula is C21H20ClN5O5S2. The van der Waals surface area contributed by atoms with E-state index in [9.17, 15) is 13.2 Å². The zero-order chi connectivity index (χ0) is 24.7. The summed E-state index contributed by atoms with van der Waals surface area (Å²) in [6.07, 6.45) is 0.125. The van der Waals surface area contributed by atoms with Gasteiger partial charge < -0.3 is 20.1 Å². The van der Waals surface area contributed by atoms with Crippen LogP contribution >= 0.6 is 23.8 Å². The average molecular weight is 522 g/mol. The summed E-state index contributed by atoms with van der Waals surface area (Å²) >= 11 is 11.0. The Morgan fingerprint density at radius 1 is 1.03 bits per heavy atom. The normalized spacial score (nSPS) is 10.8. The molecule has 0 aliphatic carbocycles. The van der Waals surface area contributed by atoms with E-state index in [1.165, 1.54) is 44.6 Å². The highest BCUT2D eigenvalue weighted by atomic mass is 35.5. The zero-order valence-corrected chi connectivity index (χ0v) is 20.4. The number of anilines is 2. The number of aromatic nitrogens is 2. The molecule has 3 N–H and O–H groups in total. The van der Waals surface area contributed by atoms with E-state index in [4.69, 9.17) is 33.3 Å². The molecular weight excluding hydrogens is 502 g/mol. The summed E-state index contributed by atoms with van der Waals surface area (Å²) in [5, 5.41) is 6.06. The van der Waals surface area contributed by atoms with Crippen molar-refractivity contribution in [2.24, 2.45) is 0 Å². The highest BCUT2D eigenvalue weighted by molar-refractivity contribution is 7.92. The van der Waals surface area contributed by atoms with E-state index in [1.807, 2.05) is 0 Å². The summed E-state index contributed by atoms with van der Waals surface area (Å²) in [6.45, 7) is 0. The Morgan fingerprint density at radius 3 is 2.32 bits per heavy atom. The fraction of sp³-hybridized carbons (Fsp3) is 0.143. The van der Waals surface area contributed by atoms with Crippen molar-refractivity contribution in [1.82, 2.24) is 15.3 Å². The van der Waals surface area contributed by atoms with Crippen LogP contribution in [0.1, 0.15) is 5.56 Å². The smallest absolute Gasteiger partial charge is 0.321 e. The van der Waals surface area contributed by atoms with Gasteiger partial charge in [-0.3, -0.25) is 9.52 Å². The van der Waals surface area contributed by atoms with Crippen molar-refractivity contribution < 1.29 is 22.7 Å². The van der Waals surface area contributed by atoms with Crippen molar-refractivity contribution in [3.05, 3.63) is 65.2 Å². The van der Waals surface area contributed by atoms with Crippen molar-refractivity contribution in [3.63, 3.8) is 0 Å². The fourth-order valence-corrected chi connectivity index (χ4v) is 4.04. The molecule has 0 unspecified atom stereocenters. The van der Waals surface area contributed by atoms with Crippen LogP contribution in [0.2, 0.25) is 5.02 Å². The van der Waals surface area contributed by atoms with Gasteiger partial charge in [0.2, 0.25) is 11.8 Å². The number of halogens is 1. The van der Waals surface area contributed by atoms with Crippen molar-refractivity contribution in [1.29, 1.82) is 0 Å². The summed E-state index contributed by atoms with van der Waals surface area (Å²) in [4.78, 5) is 20.0. The number of nitrogens with zero attached hydrogens (tertiary/aromatic N) is 2. The fourth-order valence-electron chi connectivity index (χ4n) is 2.69. The van der Waals surface area contributed by atoms with E-state index in [1.54, 1.807) is 24.3 Å². The third-order valence-electron chi connectivity index (χ3n) is 4.27. The molecule has 0 spiro atoms. The second kappa shape index (κ2) is 11.1. The summed E-state index contributed by atoms with van der Waals surface area (Å²) < 4.78 is 37.7. The van der Waals surface area contributed by atoms with Crippen LogP contribution in [0.4, 0.5) is 11.5 Å². The number of benzene rings is 2. The molecule has 3 rings (SSSR count). The van der Waals surface area contributed by atoms with E-state index in [2.05, 4.69) is 25.3 Å². The van der Waals surface area contributed by atoms with Gasteiger partial charge in [0.25, 0.3) is 10.0 Å². The van der Waals surface area contributed by atoms with Crippen LogP contribution in [-0.2, 0) is 21.2 Å². The van der Waals surface area contributed by atoms with Gasteiger partial charge in [-0.15, -0.1) is 0 Å². The maximum atomic E-state index is 12.7. The topological polar surface area (TPSA) is 132 Å². The molecule has 0 saturated heterocycles. The van der Waals surface area contributed by atoms with E-state index < -0.39 is 10.0 Å². The van der Waals surface area contributed by atoms with Gasteiger partial charge in [-0.2, -0.15) is 9.97 Å². The number of rotatable bonds is 8. The largest absolute Gasteiger partial charge is 0.481 e. The van der Waals surface area contributed by atoms with Gasteiger partial charge in [0.1, 0.15) is 0 Å². The Bertz CT molecular complexity index is 1260. The summed E-state index contributed by atoms with van der Waals surface area (Å²) in [6, 6.07) is 13.9. The summed E-state index contributed by atoms with van der Waals surface area (Å²) in [5.74, 6) is -0.190. The molecule has 1 aromatic heterocycles. The molecule has 0 atom stereocenters. The Hall–Kier alpha value is -3.48. The molecule has 0 fully saturated rings. The predicted molar refractivity (Wildman–Crippen MR) is 132 cm³/mol. The molecule has 0 radical (unpaired) electrons. The van der Waals surface area contributed by atoms with E-state index in [-0.39, 0.29) is 40.0 Å². The molecule has 1 heterocycles. The standard InChI is InChI=1S/C21H20ClN5O5S2/c1-31-19-12-17(24-20(26-19)32-2)27-34(29,30)16-9-7-15(8-10-16)23-21(33)25-18(28)11-13-3-5-14(22)6-4-13/h3-10,12H,11H2,1-2H3,(H,24,26,27)(H2,23,25,28,33). The average Bonchev–Trinajstić information content (AvgIpc) is 2.80. The molecule has 0 aliphatic heterocycles. The number of methoxy groups -OCH3 is 2. The maximum absolute atomic E-state index is 12.7. The van der Waals surface area contributed by atoms with Gasteiger partial charge >= 0.3 is 6.01 Å². The molecule has 10 nitrogen and oxygen atoms in total. The number of sulfonamides is 1. The van der Waals surface area contributed by atoms with Gasteiger partial charge in [0.15, 0.2) is 10.9 Å². The zero-order valence-electron chi connectivity index (χ0n) is 18.0. The number of hydrogen-bond acceptors (Lipinski definition) is 8. The molecule has 1 amide bonds. The Kier molecular flexibility index (Phi) is 8.21. The summed E-state index contributed by atoms with van der Waals surface area (Å²) in [5.41, 5.74) is 1.27. The van der Waals surface area contributed by atoms with Crippen LogP contribution < -0.4 is 24.8 Å². The van der Waals surface area contributed by atoms with Crippen LogP contribution in [0, 0.1) is 0 Å². The van der Waals surface area contributed by atoms with Crippen LogP contribution in [0.25, 0.3) is 0 Å². The number of carbonyl (C=O) groups excluding carboxylic acids is 1. The van der Waals surface area contributed by atoms with Gasteiger partial charge in [-0.1, -0.05) is 23.7 Å².